The second kappa shape index (κ2) is 4.23. The molecule has 2 nitrogen and oxygen atoms in total. The summed E-state index contributed by atoms with van der Waals surface area (Å²) in [6.07, 6.45) is 3.82. The van der Waals surface area contributed by atoms with E-state index >= 15 is 0 Å². The average molecular weight is 182 g/mol. The lowest BCUT2D eigenvalue weighted by molar-refractivity contribution is -0.122. The van der Waals surface area contributed by atoms with E-state index in [0.717, 1.165) is 25.9 Å². The van der Waals surface area contributed by atoms with Crippen molar-refractivity contribution in [2.75, 3.05) is 6.61 Å². The molecule has 0 bridgehead atoms. The number of ether oxygens (including phenoxy) is 1. The first-order chi connectivity index (χ1) is 5.68. The van der Waals surface area contributed by atoms with Gasteiger partial charge in [-0.3, -0.25) is 4.79 Å². The van der Waals surface area contributed by atoms with Gasteiger partial charge in [-0.05, 0) is 26.2 Å². The van der Waals surface area contributed by atoms with Crippen molar-refractivity contribution in [2.24, 2.45) is 0 Å². The molecule has 4 heteroatoms. The molecule has 1 rings (SSSR count). The third-order valence-electron chi connectivity index (χ3n) is 2.38. The molecule has 0 aromatic heterocycles. The van der Waals surface area contributed by atoms with Crippen LogP contribution in [0.4, 0.5) is 0 Å². The quantitative estimate of drug-likeness (QED) is 0.579. The molecule has 1 atom stereocenters. The molecule has 1 saturated heterocycles. The van der Waals surface area contributed by atoms with Crippen LogP contribution in [0.5, 0.6) is 0 Å². The predicted molar refractivity (Wildman–Crippen MR) is 52.1 cm³/mol. The molecule has 0 amide bonds. The minimum Gasteiger partial charge on any atom is -0.379 e. The Balaban J connectivity index is 2.53. The van der Waals surface area contributed by atoms with Gasteiger partial charge < -0.3 is 4.74 Å². The highest BCUT2D eigenvalue weighted by Gasteiger charge is 2.31. The number of carbonyl (C=O) groups is 1. The van der Waals surface area contributed by atoms with E-state index in [4.69, 9.17) is 12.2 Å². The van der Waals surface area contributed by atoms with Crippen LogP contribution in [0.2, 0.25) is 0 Å². The Morgan fingerprint density at radius 3 is 2.83 bits per heavy atom. The van der Waals surface area contributed by atoms with Gasteiger partial charge in [0.25, 0.3) is 0 Å². The van der Waals surface area contributed by atoms with Crippen molar-refractivity contribution in [3.8, 4) is 0 Å². The Bertz CT molecular complexity index is 166. The number of carbonyl (C=O) groups excluding carboxylic acids is 1. The maximum absolute atomic E-state index is 11.0. The van der Waals surface area contributed by atoms with Crippen LogP contribution in [0, 0.1) is 0 Å². The number of hydrogen-bond donors (Lipinski definition) is 0. The maximum Gasteiger partial charge on any atom is 0.132 e. The van der Waals surface area contributed by atoms with E-state index in [0.29, 0.717) is 6.42 Å². The second-order valence-corrected chi connectivity index (χ2v) is 5.27. The van der Waals surface area contributed by atoms with E-state index in [1.807, 2.05) is 0 Å². The first kappa shape index (κ1) is 10.00. The summed E-state index contributed by atoms with van der Waals surface area (Å²) in [6.45, 7) is 2.40. The summed E-state index contributed by atoms with van der Waals surface area (Å²) in [6, 6.07) is 0. The summed E-state index contributed by atoms with van der Waals surface area (Å²) in [5.74, 6) is 0.204. The van der Waals surface area contributed by atoms with Crippen LogP contribution >= 0.6 is 0 Å². The van der Waals surface area contributed by atoms with Gasteiger partial charge >= 0.3 is 0 Å². The summed E-state index contributed by atoms with van der Waals surface area (Å²) < 4.78 is 5.64. The van der Waals surface area contributed by atoms with E-state index in [2.05, 4.69) is 0 Å². The fraction of sp³-hybridized carbons (Fsp3) is 0.875. The van der Waals surface area contributed by atoms with Crippen LogP contribution < -0.4 is 0 Å². The summed E-state index contributed by atoms with van der Waals surface area (Å²) in [5.41, 5.74) is 0. The standard InChI is InChI=1S/C8H15BO2Si/c1-7(10)6-8(12-9)4-2-3-5-11-8/h2-6,12H2,1H3. The smallest absolute Gasteiger partial charge is 0.132 e. The Morgan fingerprint density at radius 2 is 2.42 bits per heavy atom. The van der Waals surface area contributed by atoms with Gasteiger partial charge in [0, 0.05) is 22.4 Å². The van der Waals surface area contributed by atoms with Crippen LogP contribution in [0.1, 0.15) is 32.6 Å². The molecule has 0 saturated carbocycles. The van der Waals surface area contributed by atoms with Crippen LogP contribution in [0.3, 0.4) is 0 Å². The van der Waals surface area contributed by atoms with Crippen LogP contribution in [-0.4, -0.2) is 34.4 Å². The summed E-state index contributed by atoms with van der Waals surface area (Å²) in [7, 11) is 5.02. The van der Waals surface area contributed by atoms with Crippen LogP contribution in [0.25, 0.3) is 0 Å². The van der Waals surface area contributed by atoms with Gasteiger partial charge in [0.15, 0.2) is 0 Å². The molecule has 66 valence electrons. The third-order valence-corrected chi connectivity index (χ3v) is 3.93. The van der Waals surface area contributed by atoms with Gasteiger partial charge in [0.05, 0.1) is 12.7 Å². The Kier molecular flexibility index (Phi) is 3.53. The van der Waals surface area contributed by atoms with Crippen molar-refractivity contribution in [2.45, 2.75) is 37.8 Å². The molecule has 0 aliphatic carbocycles. The molecular weight excluding hydrogens is 167 g/mol. The maximum atomic E-state index is 11.0. The fourth-order valence-electron chi connectivity index (χ4n) is 1.74. The van der Waals surface area contributed by atoms with E-state index in [1.54, 1.807) is 6.92 Å². The average Bonchev–Trinajstić information content (AvgIpc) is 2.05. The highest BCUT2D eigenvalue weighted by molar-refractivity contribution is 6.91. The molecule has 0 N–H and O–H groups in total. The monoisotopic (exact) mass is 182 g/mol. The Morgan fingerprint density at radius 1 is 1.67 bits per heavy atom. The van der Waals surface area contributed by atoms with E-state index in [9.17, 15) is 4.79 Å². The lowest BCUT2D eigenvalue weighted by Crippen LogP contribution is -2.44. The van der Waals surface area contributed by atoms with E-state index < -0.39 is 9.39 Å². The lowest BCUT2D eigenvalue weighted by Gasteiger charge is -2.36. The summed E-state index contributed by atoms with van der Waals surface area (Å²) in [5, 5.41) is -0.190. The molecule has 12 heavy (non-hydrogen) atoms. The van der Waals surface area contributed by atoms with Gasteiger partial charge in [-0.1, -0.05) is 0 Å². The number of rotatable bonds is 3. The molecule has 0 aromatic carbocycles. The first-order valence-electron chi connectivity index (χ1n) is 4.52. The Labute approximate surface area is 77.2 Å². The van der Waals surface area contributed by atoms with Crippen molar-refractivity contribution in [1.82, 2.24) is 0 Å². The van der Waals surface area contributed by atoms with Crippen molar-refractivity contribution >= 4 is 22.6 Å². The highest BCUT2D eigenvalue weighted by atomic mass is 28.2. The molecule has 0 spiro atoms. The number of Topliss-reactive ketones (excluding diaryl/α,β-unsaturated/α-hetero) is 1. The summed E-state index contributed by atoms with van der Waals surface area (Å²) >= 11 is 0. The van der Waals surface area contributed by atoms with Crippen molar-refractivity contribution < 1.29 is 9.53 Å². The topological polar surface area (TPSA) is 26.3 Å². The summed E-state index contributed by atoms with van der Waals surface area (Å²) in [4.78, 5) is 11.0. The SMILES string of the molecule is [B][SiH2]C1(CC(C)=O)CCCCO1. The van der Waals surface area contributed by atoms with E-state index in [-0.39, 0.29) is 11.0 Å². The van der Waals surface area contributed by atoms with Gasteiger partial charge in [-0.2, -0.15) is 0 Å². The second-order valence-electron chi connectivity index (χ2n) is 3.57. The largest absolute Gasteiger partial charge is 0.379 e. The molecule has 1 aliphatic heterocycles. The van der Waals surface area contributed by atoms with Crippen LogP contribution in [-0.2, 0) is 9.53 Å². The zero-order valence-corrected chi connectivity index (χ0v) is 9.05. The highest BCUT2D eigenvalue weighted by Crippen LogP contribution is 2.26. The minimum atomic E-state index is -0.724. The lowest BCUT2D eigenvalue weighted by atomic mass is 10.0. The van der Waals surface area contributed by atoms with Gasteiger partial charge in [0.2, 0.25) is 0 Å². The Hall–Kier alpha value is -0.0882. The van der Waals surface area contributed by atoms with Gasteiger partial charge in [-0.25, -0.2) is 0 Å². The zero-order valence-electron chi connectivity index (χ0n) is 7.64. The van der Waals surface area contributed by atoms with Crippen molar-refractivity contribution in [1.29, 1.82) is 0 Å². The molecule has 1 fully saturated rings. The molecular formula is C8H15BO2Si. The molecule has 1 aliphatic rings. The number of hydrogen-bond acceptors (Lipinski definition) is 2. The first-order valence-corrected chi connectivity index (χ1v) is 6.04. The van der Waals surface area contributed by atoms with E-state index in [1.165, 1.54) is 0 Å². The minimum absolute atomic E-state index is 0.190. The third kappa shape index (κ3) is 2.45. The molecule has 1 unspecified atom stereocenters. The van der Waals surface area contributed by atoms with Gasteiger partial charge in [0.1, 0.15) is 5.78 Å². The normalized spacial score (nSPS) is 31.1. The molecule has 0 aromatic rings. The fourth-order valence-corrected chi connectivity index (χ4v) is 2.95. The van der Waals surface area contributed by atoms with Crippen molar-refractivity contribution in [3.63, 3.8) is 0 Å². The zero-order chi connectivity index (χ0) is 9.03. The predicted octanol–water partition coefficient (Wildman–Crippen LogP) is 0.115. The van der Waals surface area contributed by atoms with Gasteiger partial charge in [-0.15, -0.1) is 0 Å². The molecule has 1 heterocycles. The van der Waals surface area contributed by atoms with Crippen LogP contribution in [0.15, 0.2) is 0 Å². The molecule has 2 radical (unpaired) electrons. The number of ketones is 1. The van der Waals surface area contributed by atoms with Crippen molar-refractivity contribution in [3.05, 3.63) is 0 Å².